The lowest BCUT2D eigenvalue weighted by Gasteiger charge is -2.09. The Morgan fingerprint density at radius 1 is 0.656 bits per heavy atom. The van der Waals surface area contributed by atoms with Crippen molar-refractivity contribution in [1.29, 1.82) is 0 Å². The molecule has 12 heteroatoms. The van der Waals surface area contributed by atoms with Gasteiger partial charge in [0.05, 0.1) is 19.3 Å². The highest BCUT2D eigenvalue weighted by Gasteiger charge is 2.18. The number of hydrogen-bond donors (Lipinski definition) is 6. The van der Waals surface area contributed by atoms with E-state index in [1.807, 2.05) is 6.92 Å². The van der Waals surface area contributed by atoms with E-state index in [0.29, 0.717) is 25.7 Å². The second-order valence-electron chi connectivity index (χ2n) is 7.73. The molecule has 0 radical (unpaired) electrons. The average Bonchev–Trinajstić information content (AvgIpc) is 3.57. The van der Waals surface area contributed by atoms with Crippen LogP contribution in [0.15, 0.2) is 0 Å². The summed E-state index contributed by atoms with van der Waals surface area (Å²) in [5.41, 5.74) is 0. The molecule has 3 aliphatic heterocycles. The first-order chi connectivity index (χ1) is 15.0. The van der Waals surface area contributed by atoms with Crippen molar-refractivity contribution in [3.05, 3.63) is 0 Å². The molecule has 12 nitrogen and oxygen atoms in total. The third kappa shape index (κ3) is 24.4. The van der Waals surface area contributed by atoms with Gasteiger partial charge in [0.25, 0.3) is 0 Å². The number of aliphatic hydroxyl groups excluding tert-OH is 2. The topological polar surface area (TPSA) is 182 Å². The van der Waals surface area contributed by atoms with Crippen molar-refractivity contribution in [1.82, 2.24) is 14.7 Å². The quantitative estimate of drug-likeness (QED) is 0.150. The fraction of sp³-hybridized carbons (Fsp3) is 0.850. The van der Waals surface area contributed by atoms with E-state index in [9.17, 15) is 14.4 Å². The zero-order valence-electron chi connectivity index (χ0n) is 18.8. The summed E-state index contributed by atoms with van der Waals surface area (Å²) in [5.74, 6) is -2.09. The SMILES string of the molecule is CCCC(O)C(O)O.O=C(O)CCN1CC1.O=C(O)CCN1CC1.O=C(O)CCN1CC1. The molecule has 188 valence electrons. The van der Waals surface area contributed by atoms with Crippen LogP contribution in [0.3, 0.4) is 0 Å². The van der Waals surface area contributed by atoms with Crippen molar-refractivity contribution in [2.45, 2.75) is 51.4 Å². The van der Waals surface area contributed by atoms with Crippen LogP contribution in [0.4, 0.5) is 0 Å². The van der Waals surface area contributed by atoms with Gasteiger partial charge in [0, 0.05) is 58.9 Å². The number of aliphatic carboxylic acids is 3. The normalized spacial score (nSPS) is 17.5. The van der Waals surface area contributed by atoms with Gasteiger partial charge in [0.1, 0.15) is 6.10 Å². The second kappa shape index (κ2) is 17.7. The predicted octanol–water partition coefficient (Wildman–Crippen LogP) is -1.21. The van der Waals surface area contributed by atoms with Crippen LogP contribution in [0.1, 0.15) is 39.0 Å². The van der Waals surface area contributed by atoms with Crippen LogP contribution < -0.4 is 0 Å². The second-order valence-corrected chi connectivity index (χ2v) is 7.73. The van der Waals surface area contributed by atoms with Crippen molar-refractivity contribution in [3.8, 4) is 0 Å². The van der Waals surface area contributed by atoms with Crippen LogP contribution in [-0.4, -0.2) is 135 Å². The fourth-order valence-electron chi connectivity index (χ4n) is 2.09. The Morgan fingerprint density at radius 3 is 1.06 bits per heavy atom. The molecule has 0 amide bonds. The number of carboxylic acid groups (broad SMARTS) is 3. The van der Waals surface area contributed by atoms with E-state index < -0.39 is 30.3 Å². The lowest BCUT2D eigenvalue weighted by molar-refractivity contribution is -0.138. The third-order valence-electron chi connectivity index (χ3n) is 4.47. The Labute approximate surface area is 188 Å². The number of aliphatic hydroxyl groups is 3. The lowest BCUT2D eigenvalue weighted by Crippen LogP contribution is -2.24. The Balaban J connectivity index is 0.000000400. The summed E-state index contributed by atoms with van der Waals surface area (Å²) in [6, 6.07) is 0. The minimum absolute atomic E-state index is 0.292. The molecule has 0 aliphatic carbocycles. The fourth-order valence-corrected chi connectivity index (χ4v) is 2.09. The number of hydrogen-bond acceptors (Lipinski definition) is 9. The molecule has 1 atom stereocenters. The van der Waals surface area contributed by atoms with E-state index in [1.54, 1.807) is 0 Å². The smallest absolute Gasteiger partial charge is 0.304 e. The molecular weight excluding hydrogens is 426 g/mol. The van der Waals surface area contributed by atoms with E-state index in [1.165, 1.54) is 0 Å². The number of nitrogens with zero attached hydrogens (tertiary/aromatic N) is 3. The van der Waals surface area contributed by atoms with Crippen LogP contribution >= 0.6 is 0 Å². The molecule has 3 fully saturated rings. The number of carboxylic acids is 3. The van der Waals surface area contributed by atoms with Gasteiger partial charge in [-0.15, -0.1) is 0 Å². The molecule has 0 bridgehead atoms. The standard InChI is InChI=1S/3C5H9NO2.C5H12O3/c3*7-5(8)1-2-6-3-4-6;1-2-3-4(6)5(7)8/h3*1-4H2,(H,7,8);4-8H,2-3H2,1H3. The molecule has 0 spiro atoms. The maximum atomic E-state index is 9.90. The Bertz CT molecular complexity index is 475. The highest BCUT2D eigenvalue weighted by Crippen LogP contribution is 2.04. The number of rotatable bonds is 12. The highest BCUT2D eigenvalue weighted by atomic mass is 16.5. The van der Waals surface area contributed by atoms with Gasteiger partial charge in [0.15, 0.2) is 6.29 Å². The molecule has 0 saturated carbocycles. The average molecular weight is 466 g/mol. The maximum Gasteiger partial charge on any atom is 0.304 e. The zero-order chi connectivity index (χ0) is 24.5. The summed E-state index contributed by atoms with van der Waals surface area (Å²) in [6.07, 6.45) is -0.467. The van der Waals surface area contributed by atoms with Gasteiger partial charge in [-0.3, -0.25) is 14.4 Å². The summed E-state index contributed by atoms with van der Waals surface area (Å²) >= 11 is 0. The van der Waals surface area contributed by atoms with Gasteiger partial charge >= 0.3 is 17.9 Å². The van der Waals surface area contributed by atoms with Crippen LogP contribution in [0.2, 0.25) is 0 Å². The van der Waals surface area contributed by atoms with Crippen LogP contribution in [0.25, 0.3) is 0 Å². The van der Waals surface area contributed by atoms with Crippen molar-refractivity contribution < 1.29 is 45.0 Å². The highest BCUT2D eigenvalue weighted by molar-refractivity contribution is 5.67. The Kier molecular flexibility index (Phi) is 16.7. The van der Waals surface area contributed by atoms with Crippen molar-refractivity contribution in [3.63, 3.8) is 0 Å². The van der Waals surface area contributed by atoms with Crippen molar-refractivity contribution >= 4 is 17.9 Å². The van der Waals surface area contributed by atoms with E-state index in [4.69, 9.17) is 30.6 Å². The molecule has 3 rings (SSSR count). The summed E-state index contributed by atoms with van der Waals surface area (Å²) in [6.45, 7) is 10.6. The van der Waals surface area contributed by atoms with E-state index in [2.05, 4.69) is 14.7 Å². The summed E-state index contributed by atoms with van der Waals surface area (Å²) < 4.78 is 0. The largest absolute Gasteiger partial charge is 0.481 e. The van der Waals surface area contributed by atoms with Gasteiger partial charge in [-0.2, -0.15) is 0 Å². The van der Waals surface area contributed by atoms with Crippen molar-refractivity contribution in [2.24, 2.45) is 0 Å². The molecular formula is C20H39N3O9. The first kappa shape index (κ1) is 30.2. The zero-order valence-corrected chi connectivity index (χ0v) is 18.8. The molecule has 6 N–H and O–H groups in total. The Hall–Kier alpha value is -1.83. The van der Waals surface area contributed by atoms with Crippen molar-refractivity contribution in [2.75, 3.05) is 58.9 Å². The summed E-state index contributed by atoms with van der Waals surface area (Å²) in [7, 11) is 0. The molecule has 1 unspecified atom stereocenters. The monoisotopic (exact) mass is 465 g/mol. The van der Waals surface area contributed by atoms with Gasteiger partial charge in [-0.1, -0.05) is 13.3 Å². The molecule has 0 aromatic carbocycles. The van der Waals surface area contributed by atoms with Crippen LogP contribution in [-0.2, 0) is 14.4 Å². The predicted molar refractivity (Wildman–Crippen MR) is 115 cm³/mol. The maximum absolute atomic E-state index is 9.90. The van der Waals surface area contributed by atoms with Crippen LogP contribution in [0, 0.1) is 0 Å². The van der Waals surface area contributed by atoms with Gasteiger partial charge in [0.2, 0.25) is 0 Å². The first-order valence-corrected chi connectivity index (χ1v) is 10.9. The molecule has 32 heavy (non-hydrogen) atoms. The first-order valence-electron chi connectivity index (χ1n) is 10.9. The molecule has 3 saturated heterocycles. The summed E-state index contributed by atoms with van der Waals surface area (Å²) in [5, 5.41) is 49.6. The molecule has 0 aromatic rings. The third-order valence-corrected chi connectivity index (χ3v) is 4.47. The van der Waals surface area contributed by atoms with Gasteiger partial charge < -0.3 is 45.3 Å². The summed E-state index contributed by atoms with van der Waals surface area (Å²) in [4.78, 5) is 36.0. The van der Waals surface area contributed by atoms with Gasteiger partial charge in [-0.05, 0) is 6.42 Å². The lowest BCUT2D eigenvalue weighted by atomic mass is 10.2. The number of carbonyl (C=O) groups is 3. The van der Waals surface area contributed by atoms with E-state index in [0.717, 1.165) is 65.3 Å². The van der Waals surface area contributed by atoms with Gasteiger partial charge in [-0.25, -0.2) is 0 Å². The minimum atomic E-state index is -1.57. The molecule has 3 aliphatic rings. The minimum Gasteiger partial charge on any atom is -0.481 e. The Morgan fingerprint density at radius 2 is 0.938 bits per heavy atom. The molecule has 0 aromatic heterocycles. The van der Waals surface area contributed by atoms with E-state index in [-0.39, 0.29) is 0 Å². The van der Waals surface area contributed by atoms with E-state index >= 15 is 0 Å². The van der Waals surface area contributed by atoms with Crippen LogP contribution in [0.5, 0.6) is 0 Å². The molecule has 3 heterocycles.